The van der Waals surface area contributed by atoms with Crippen molar-refractivity contribution in [1.29, 1.82) is 0 Å². The fourth-order valence-corrected chi connectivity index (χ4v) is 2.96. The molecule has 2 aromatic rings. The summed E-state index contributed by atoms with van der Waals surface area (Å²) in [6.45, 7) is 7.90. The van der Waals surface area contributed by atoms with Crippen LogP contribution in [0.15, 0.2) is 60.4 Å². The number of carbonyl (C=O) groups excluding carboxylic acids is 1. The van der Waals surface area contributed by atoms with Crippen LogP contribution in [0.3, 0.4) is 0 Å². The van der Waals surface area contributed by atoms with Crippen molar-refractivity contribution in [2.45, 2.75) is 19.3 Å². The van der Waals surface area contributed by atoms with Gasteiger partial charge in [0.1, 0.15) is 5.82 Å². The Bertz CT molecular complexity index is 985. The zero-order valence-corrected chi connectivity index (χ0v) is 17.0. The molecule has 5 N–H and O–H groups in total. The van der Waals surface area contributed by atoms with E-state index in [0.717, 1.165) is 0 Å². The highest BCUT2D eigenvalue weighted by molar-refractivity contribution is 6.31. The van der Waals surface area contributed by atoms with Crippen molar-refractivity contribution in [2.75, 3.05) is 6.54 Å². The lowest BCUT2D eigenvalue weighted by Gasteiger charge is -2.23. The van der Waals surface area contributed by atoms with Crippen LogP contribution < -0.4 is 16.8 Å². The lowest BCUT2D eigenvalue weighted by molar-refractivity contribution is 0.1000. The molecule has 1 aromatic heterocycles. The Morgan fingerprint density at radius 2 is 2.10 bits per heavy atom. The molecule has 29 heavy (non-hydrogen) atoms. The summed E-state index contributed by atoms with van der Waals surface area (Å²) in [6, 6.07) is 7.37. The number of hydrogen-bond acceptors (Lipinski definition) is 3. The molecule has 6 nitrogen and oxygen atoms in total. The van der Waals surface area contributed by atoms with E-state index in [1.54, 1.807) is 18.3 Å². The van der Waals surface area contributed by atoms with Gasteiger partial charge in [0, 0.05) is 34.5 Å². The van der Waals surface area contributed by atoms with Crippen LogP contribution >= 0.6 is 11.6 Å². The Morgan fingerprint density at radius 1 is 1.38 bits per heavy atom. The molecule has 1 amide bonds. The minimum atomic E-state index is -0.654. The van der Waals surface area contributed by atoms with Crippen LogP contribution in [0.5, 0.6) is 0 Å². The number of rotatable bonds is 7. The first-order valence-corrected chi connectivity index (χ1v) is 9.13. The molecule has 0 bridgehead atoms. The van der Waals surface area contributed by atoms with E-state index in [-0.39, 0.29) is 17.1 Å². The van der Waals surface area contributed by atoms with Gasteiger partial charge in [0.25, 0.3) is 0 Å². The molecular formula is C21H23ClFN5O. The van der Waals surface area contributed by atoms with E-state index in [1.807, 2.05) is 13.8 Å². The Labute approximate surface area is 174 Å². The van der Waals surface area contributed by atoms with Gasteiger partial charge in [-0.3, -0.25) is 14.8 Å². The summed E-state index contributed by atoms with van der Waals surface area (Å²) >= 11 is 6.22. The van der Waals surface area contributed by atoms with E-state index in [9.17, 15) is 9.18 Å². The highest BCUT2D eigenvalue weighted by Crippen LogP contribution is 2.27. The maximum absolute atomic E-state index is 14.2. The van der Waals surface area contributed by atoms with Gasteiger partial charge in [-0.15, -0.1) is 0 Å². The van der Waals surface area contributed by atoms with Crippen LogP contribution in [-0.4, -0.2) is 23.4 Å². The van der Waals surface area contributed by atoms with Gasteiger partial charge in [-0.2, -0.15) is 0 Å². The molecule has 1 heterocycles. The van der Waals surface area contributed by atoms with E-state index in [4.69, 9.17) is 23.1 Å². The topological polar surface area (TPSA) is 106 Å². The maximum Gasteiger partial charge on any atom is 0.248 e. The zero-order valence-electron chi connectivity index (χ0n) is 16.2. The number of aliphatic imine (C=N–C) groups is 1. The first-order chi connectivity index (χ1) is 13.7. The van der Waals surface area contributed by atoms with Crippen molar-refractivity contribution in [2.24, 2.45) is 16.5 Å². The van der Waals surface area contributed by atoms with E-state index < -0.39 is 17.1 Å². The Balaban J connectivity index is 2.19. The molecule has 0 radical (unpaired) electrons. The highest BCUT2D eigenvalue weighted by atomic mass is 35.5. The number of halogens is 2. The lowest BCUT2D eigenvalue weighted by atomic mass is 9.89. The molecule has 0 atom stereocenters. The van der Waals surface area contributed by atoms with Crippen molar-refractivity contribution in [3.63, 3.8) is 0 Å². The van der Waals surface area contributed by atoms with Crippen molar-refractivity contribution in [3.05, 3.63) is 83.0 Å². The lowest BCUT2D eigenvalue weighted by Crippen LogP contribution is -2.31. The number of nitrogens with zero attached hydrogens (tertiary/aromatic N) is 2. The van der Waals surface area contributed by atoms with Gasteiger partial charge in [0.05, 0.1) is 17.3 Å². The predicted octanol–water partition coefficient (Wildman–Crippen LogP) is 3.38. The molecule has 0 aliphatic heterocycles. The molecule has 0 unspecified atom stereocenters. The third-order valence-electron chi connectivity index (χ3n) is 4.20. The first kappa shape index (κ1) is 22.1. The SMILES string of the molecule is C=C/C(=C\NC(N)=NCC(C)(C)c1ncccc1Cl)c1cc(C(N)=O)ccc1F. The second-order valence-electron chi connectivity index (χ2n) is 6.93. The molecule has 8 heteroatoms. The molecule has 2 rings (SSSR count). The van der Waals surface area contributed by atoms with Crippen molar-refractivity contribution < 1.29 is 9.18 Å². The van der Waals surface area contributed by atoms with E-state index in [1.165, 1.54) is 30.5 Å². The summed E-state index contributed by atoms with van der Waals surface area (Å²) in [5.41, 5.74) is 12.2. The molecular weight excluding hydrogens is 393 g/mol. The minimum absolute atomic E-state index is 0.121. The molecule has 0 spiro atoms. The summed E-state index contributed by atoms with van der Waals surface area (Å²) in [6.07, 6.45) is 4.55. The Hall–Kier alpha value is -3.19. The van der Waals surface area contributed by atoms with E-state index in [2.05, 4.69) is 21.9 Å². The number of benzene rings is 1. The number of amides is 1. The van der Waals surface area contributed by atoms with E-state index in [0.29, 0.717) is 22.8 Å². The molecule has 0 fully saturated rings. The molecule has 0 aliphatic carbocycles. The molecule has 1 aromatic carbocycles. The molecule has 0 aliphatic rings. The third-order valence-corrected chi connectivity index (χ3v) is 4.51. The van der Waals surface area contributed by atoms with Gasteiger partial charge < -0.3 is 16.8 Å². The Kier molecular flexibility index (Phi) is 7.12. The summed E-state index contributed by atoms with van der Waals surface area (Å²) in [4.78, 5) is 20.0. The number of carbonyl (C=O) groups is 1. The number of nitrogens with two attached hydrogens (primary N) is 2. The van der Waals surface area contributed by atoms with Gasteiger partial charge in [-0.05, 0) is 30.3 Å². The summed E-state index contributed by atoms with van der Waals surface area (Å²) in [5, 5.41) is 3.36. The number of aromatic nitrogens is 1. The number of allylic oxidation sites excluding steroid dienone is 2. The summed E-state index contributed by atoms with van der Waals surface area (Å²) in [5.74, 6) is -1.06. The van der Waals surface area contributed by atoms with Crippen LogP contribution in [0, 0.1) is 5.82 Å². The third kappa shape index (κ3) is 5.65. The second-order valence-corrected chi connectivity index (χ2v) is 7.33. The molecule has 0 saturated heterocycles. The highest BCUT2D eigenvalue weighted by Gasteiger charge is 2.24. The first-order valence-electron chi connectivity index (χ1n) is 8.75. The van der Waals surface area contributed by atoms with Crippen molar-refractivity contribution in [3.8, 4) is 0 Å². The van der Waals surface area contributed by atoms with Gasteiger partial charge in [0.2, 0.25) is 5.91 Å². The van der Waals surface area contributed by atoms with Crippen molar-refractivity contribution >= 4 is 29.0 Å². The number of nitrogens with one attached hydrogen (secondary N) is 1. The van der Waals surface area contributed by atoms with Crippen LogP contribution in [-0.2, 0) is 5.41 Å². The van der Waals surface area contributed by atoms with Crippen LogP contribution in [0.25, 0.3) is 5.57 Å². The average Bonchev–Trinajstić information content (AvgIpc) is 2.68. The van der Waals surface area contributed by atoms with Gasteiger partial charge in [-0.25, -0.2) is 4.39 Å². The van der Waals surface area contributed by atoms with E-state index >= 15 is 0 Å². The quantitative estimate of drug-likeness (QED) is 0.366. The second kappa shape index (κ2) is 9.34. The number of hydrogen-bond donors (Lipinski definition) is 3. The fraction of sp³-hybridized carbons (Fsp3) is 0.190. The standard InChI is InChI=1S/C21H23ClFN5O/c1-4-13(15-10-14(19(24)29)7-8-17(15)23)11-27-20(25)28-12-21(2,3)18-16(22)6-5-9-26-18/h4-11H,1,12H2,2-3H3,(H2,24,29)(H3,25,27,28)/b13-11+. The monoisotopic (exact) mass is 415 g/mol. The molecule has 0 saturated carbocycles. The summed E-state index contributed by atoms with van der Waals surface area (Å²) in [7, 11) is 0. The smallest absolute Gasteiger partial charge is 0.248 e. The normalized spacial score (nSPS) is 12.6. The van der Waals surface area contributed by atoms with Gasteiger partial charge in [-0.1, -0.05) is 38.1 Å². The largest absolute Gasteiger partial charge is 0.370 e. The van der Waals surface area contributed by atoms with Gasteiger partial charge in [0.15, 0.2) is 5.96 Å². The predicted molar refractivity (Wildman–Crippen MR) is 115 cm³/mol. The molecule has 152 valence electrons. The number of guanidine groups is 1. The van der Waals surface area contributed by atoms with Crippen LogP contribution in [0.4, 0.5) is 4.39 Å². The van der Waals surface area contributed by atoms with Crippen molar-refractivity contribution in [1.82, 2.24) is 10.3 Å². The minimum Gasteiger partial charge on any atom is -0.370 e. The Morgan fingerprint density at radius 3 is 2.72 bits per heavy atom. The van der Waals surface area contributed by atoms with Crippen LogP contribution in [0.2, 0.25) is 5.02 Å². The summed E-state index contributed by atoms with van der Waals surface area (Å²) < 4.78 is 14.2. The average molecular weight is 416 g/mol. The number of primary amides is 1. The van der Waals surface area contributed by atoms with Gasteiger partial charge >= 0.3 is 0 Å². The maximum atomic E-state index is 14.2. The van der Waals surface area contributed by atoms with Crippen LogP contribution in [0.1, 0.15) is 35.5 Å². The number of pyridine rings is 1. The fourth-order valence-electron chi connectivity index (χ4n) is 2.59. The zero-order chi connectivity index (χ0) is 21.6.